The van der Waals surface area contributed by atoms with E-state index >= 15 is 0 Å². The highest BCUT2D eigenvalue weighted by atomic mass is 35.5. The van der Waals surface area contributed by atoms with E-state index in [1.54, 1.807) is 11.6 Å². The average Bonchev–Trinajstić information content (AvgIpc) is 2.88. The molecular formula is C17H18ClN3O2. The molecule has 1 N–H and O–H groups in total. The van der Waals surface area contributed by atoms with E-state index in [0.29, 0.717) is 16.7 Å². The predicted octanol–water partition coefficient (Wildman–Crippen LogP) is 4.42. The fourth-order valence-corrected chi connectivity index (χ4v) is 2.57. The molecule has 0 saturated heterocycles. The largest absolute Gasteiger partial charge is 0.478 e. The molecule has 5 nitrogen and oxygen atoms in total. The normalized spacial score (nSPS) is 10.3. The van der Waals surface area contributed by atoms with Crippen LogP contribution in [0.2, 0.25) is 5.02 Å². The number of pyridine rings is 1. The summed E-state index contributed by atoms with van der Waals surface area (Å²) < 4.78 is 1.67. The van der Waals surface area contributed by atoms with Crippen LogP contribution in [0.3, 0.4) is 0 Å². The zero-order valence-electron chi connectivity index (χ0n) is 13.5. The number of aromatic carboxylic acids is 1. The third kappa shape index (κ3) is 3.05. The first-order valence-electron chi connectivity index (χ1n) is 7.33. The molecule has 1 aromatic carbocycles. The minimum absolute atomic E-state index is 0.0178. The van der Waals surface area contributed by atoms with Crippen molar-refractivity contribution in [3.63, 3.8) is 0 Å². The summed E-state index contributed by atoms with van der Waals surface area (Å²) in [6, 6.07) is 7.82. The number of hydrogen-bond acceptors (Lipinski definition) is 3. The second-order valence-electron chi connectivity index (χ2n) is 4.82. The maximum Gasteiger partial charge on any atom is 0.338 e. The minimum atomic E-state index is -1.10. The molecule has 0 bridgehead atoms. The van der Waals surface area contributed by atoms with E-state index < -0.39 is 5.97 Å². The Morgan fingerprint density at radius 2 is 1.78 bits per heavy atom. The van der Waals surface area contributed by atoms with Gasteiger partial charge < -0.3 is 5.11 Å². The molecule has 0 unspecified atom stereocenters. The lowest BCUT2D eigenvalue weighted by atomic mass is 10.2. The van der Waals surface area contributed by atoms with Crippen molar-refractivity contribution in [1.29, 1.82) is 0 Å². The standard InChI is InChI=1S/C15H12ClN3O2.C2H6/c1-8-3-5-10(6-4-8)19-14-12(9(2)18-19)13(16)11(7-17-14)15(20)21;1-2/h3-7H,1-2H3,(H,20,21);1-2H3. The lowest BCUT2D eigenvalue weighted by molar-refractivity contribution is 0.0697. The number of nitrogens with zero attached hydrogens (tertiary/aromatic N) is 3. The van der Waals surface area contributed by atoms with E-state index in [-0.39, 0.29) is 10.6 Å². The van der Waals surface area contributed by atoms with Crippen LogP contribution in [-0.2, 0) is 0 Å². The Kier molecular flexibility index (Phi) is 5.01. The summed E-state index contributed by atoms with van der Waals surface area (Å²) in [7, 11) is 0. The van der Waals surface area contributed by atoms with E-state index in [1.165, 1.54) is 6.20 Å². The number of aryl methyl sites for hydroxylation is 2. The Bertz CT molecular complexity index is 854. The van der Waals surface area contributed by atoms with Gasteiger partial charge in [-0.2, -0.15) is 5.10 Å². The van der Waals surface area contributed by atoms with Gasteiger partial charge in [-0.15, -0.1) is 0 Å². The van der Waals surface area contributed by atoms with E-state index in [4.69, 9.17) is 16.7 Å². The fraction of sp³-hybridized carbons (Fsp3) is 0.235. The van der Waals surface area contributed by atoms with E-state index in [2.05, 4.69) is 10.1 Å². The van der Waals surface area contributed by atoms with Gasteiger partial charge in [0.15, 0.2) is 5.65 Å². The van der Waals surface area contributed by atoms with Gasteiger partial charge in [-0.1, -0.05) is 43.1 Å². The van der Waals surface area contributed by atoms with E-state index in [9.17, 15) is 4.79 Å². The van der Waals surface area contributed by atoms with Gasteiger partial charge in [-0.05, 0) is 26.0 Å². The number of aromatic nitrogens is 3. The number of benzene rings is 1. The first-order chi connectivity index (χ1) is 11.0. The van der Waals surface area contributed by atoms with Gasteiger partial charge in [0.25, 0.3) is 0 Å². The van der Waals surface area contributed by atoms with Crippen LogP contribution in [0, 0.1) is 13.8 Å². The second-order valence-corrected chi connectivity index (χ2v) is 5.20. The Morgan fingerprint density at radius 1 is 1.17 bits per heavy atom. The van der Waals surface area contributed by atoms with Crippen molar-refractivity contribution in [2.75, 3.05) is 0 Å². The van der Waals surface area contributed by atoms with Gasteiger partial charge in [0, 0.05) is 6.20 Å². The van der Waals surface area contributed by atoms with Crippen LogP contribution in [0.5, 0.6) is 0 Å². The number of carboxylic acids is 1. The average molecular weight is 332 g/mol. The highest BCUT2D eigenvalue weighted by Crippen LogP contribution is 2.29. The van der Waals surface area contributed by atoms with Crippen LogP contribution in [0.4, 0.5) is 0 Å². The summed E-state index contributed by atoms with van der Waals surface area (Å²) in [6.07, 6.45) is 1.26. The SMILES string of the molecule is CC.Cc1ccc(-n2nc(C)c3c(Cl)c(C(=O)O)cnc32)cc1. The summed E-state index contributed by atoms with van der Waals surface area (Å²) >= 11 is 6.19. The first kappa shape index (κ1) is 17.0. The van der Waals surface area contributed by atoms with Crippen molar-refractivity contribution < 1.29 is 9.90 Å². The molecule has 0 spiro atoms. The molecular weight excluding hydrogens is 314 g/mol. The number of rotatable bonds is 2. The monoisotopic (exact) mass is 331 g/mol. The van der Waals surface area contributed by atoms with Gasteiger partial charge in [-0.3, -0.25) is 0 Å². The molecule has 3 rings (SSSR count). The van der Waals surface area contributed by atoms with Gasteiger partial charge >= 0.3 is 5.97 Å². The van der Waals surface area contributed by atoms with Crippen molar-refractivity contribution >= 4 is 28.6 Å². The third-order valence-corrected chi connectivity index (χ3v) is 3.71. The molecule has 0 aliphatic rings. The van der Waals surface area contributed by atoms with E-state index in [1.807, 2.05) is 45.0 Å². The number of halogens is 1. The van der Waals surface area contributed by atoms with Crippen LogP contribution in [0.1, 0.15) is 35.5 Å². The number of carbonyl (C=O) groups is 1. The van der Waals surface area contributed by atoms with Crippen molar-refractivity contribution in [3.8, 4) is 5.69 Å². The van der Waals surface area contributed by atoms with Gasteiger partial charge in [-0.25, -0.2) is 14.5 Å². The van der Waals surface area contributed by atoms with Crippen LogP contribution >= 0.6 is 11.6 Å². The molecule has 23 heavy (non-hydrogen) atoms. The summed E-state index contributed by atoms with van der Waals surface area (Å²) in [4.78, 5) is 15.4. The van der Waals surface area contributed by atoms with Crippen molar-refractivity contribution in [2.45, 2.75) is 27.7 Å². The lowest BCUT2D eigenvalue weighted by Crippen LogP contribution is -2.01. The molecule has 120 valence electrons. The molecule has 0 amide bonds. The Hall–Kier alpha value is -2.40. The molecule has 0 aliphatic heterocycles. The predicted molar refractivity (Wildman–Crippen MR) is 91.7 cm³/mol. The Balaban J connectivity index is 0.000000924. The maximum absolute atomic E-state index is 11.1. The van der Waals surface area contributed by atoms with Crippen molar-refractivity contribution in [2.24, 2.45) is 0 Å². The fourth-order valence-electron chi connectivity index (χ4n) is 2.22. The summed E-state index contributed by atoms with van der Waals surface area (Å²) in [5.74, 6) is -1.10. The molecule has 6 heteroatoms. The summed E-state index contributed by atoms with van der Waals surface area (Å²) in [5.41, 5.74) is 3.17. The quantitative estimate of drug-likeness (QED) is 0.755. The zero-order valence-corrected chi connectivity index (χ0v) is 14.2. The zero-order chi connectivity index (χ0) is 17.1. The molecule has 0 atom stereocenters. The van der Waals surface area contributed by atoms with Gasteiger partial charge in [0.2, 0.25) is 0 Å². The van der Waals surface area contributed by atoms with Crippen LogP contribution in [0.25, 0.3) is 16.7 Å². The lowest BCUT2D eigenvalue weighted by Gasteiger charge is -2.04. The molecule has 3 aromatic rings. The minimum Gasteiger partial charge on any atom is -0.478 e. The number of fused-ring (bicyclic) bond motifs is 1. The first-order valence-corrected chi connectivity index (χ1v) is 7.71. The van der Waals surface area contributed by atoms with Crippen LogP contribution < -0.4 is 0 Å². The number of hydrogen-bond donors (Lipinski definition) is 1. The maximum atomic E-state index is 11.1. The highest BCUT2D eigenvalue weighted by Gasteiger charge is 2.19. The summed E-state index contributed by atoms with van der Waals surface area (Å²) in [5, 5.41) is 14.3. The van der Waals surface area contributed by atoms with Crippen LogP contribution in [-0.4, -0.2) is 25.8 Å². The second kappa shape index (κ2) is 6.79. The van der Waals surface area contributed by atoms with Crippen molar-refractivity contribution in [1.82, 2.24) is 14.8 Å². The molecule has 0 radical (unpaired) electrons. The van der Waals surface area contributed by atoms with Gasteiger partial charge in [0.05, 0.1) is 27.4 Å². The smallest absolute Gasteiger partial charge is 0.338 e. The topological polar surface area (TPSA) is 68.0 Å². The van der Waals surface area contributed by atoms with E-state index in [0.717, 1.165) is 11.3 Å². The Morgan fingerprint density at radius 3 is 2.35 bits per heavy atom. The van der Waals surface area contributed by atoms with Gasteiger partial charge in [0.1, 0.15) is 0 Å². The Labute approximate surface area is 139 Å². The molecule has 0 aliphatic carbocycles. The molecule has 0 fully saturated rings. The van der Waals surface area contributed by atoms with Crippen LogP contribution in [0.15, 0.2) is 30.5 Å². The van der Waals surface area contributed by atoms with Crippen molar-refractivity contribution in [3.05, 3.63) is 52.3 Å². The third-order valence-electron chi connectivity index (χ3n) is 3.32. The number of carboxylic acid groups (broad SMARTS) is 1. The highest BCUT2D eigenvalue weighted by molar-refractivity contribution is 6.38. The molecule has 2 aromatic heterocycles. The molecule has 2 heterocycles. The summed E-state index contributed by atoms with van der Waals surface area (Å²) in [6.45, 7) is 7.79. The molecule has 0 saturated carbocycles.